The van der Waals surface area contributed by atoms with E-state index in [1.807, 2.05) is 0 Å². The Morgan fingerprint density at radius 2 is 2.26 bits per heavy atom. The third-order valence-corrected chi connectivity index (χ3v) is 4.33. The summed E-state index contributed by atoms with van der Waals surface area (Å²) in [5.41, 5.74) is 0. The number of piperidine rings is 1. The van der Waals surface area contributed by atoms with E-state index in [0.717, 1.165) is 32.4 Å². The lowest BCUT2D eigenvalue weighted by Gasteiger charge is -2.23. The molecule has 108 valence electrons. The predicted octanol–water partition coefficient (Wildman–Crippen LogP) is 2.61. The first kappa shape index (κ1) is 16.5. The molecule has 0 aromatic carbocycles. The van der Waals surface area contributed by atoms with E-state index in [4.69, 9.17) is 0 Å². The van der Waals surface area contributed by atoms with Crippen molar-refractivity contribution >= 4 is 29.7 Å². The van der Waals surface area contributed by atoms with Gasteiger partial charge < -0.3 is 10.6 Å². The molecule has 3 nitrogen and oxygen atoms in total. The van der Waals surface area contributed by atoms with Crippen molar-refractivity contribution in [2.75, 3.05) is 13.1 Å². The first-order valence-electron chi connectivity index (χ1n) is 6.76. The monoisotopic (exact) mass is 302 g/mol. The lowest BCUT2D eigenvalue weighted by molar-refractivity contribution is -0.122. The largest absolute Gasteiger partial charge is 0.353 e. The molecule has 1 saturated heterocycles. The number of nitrogens with one attached hydrogen (secondary N) is 2. The zero-order chi connectivity index (χ0) is 12.8. The van der Waals surface area contributed by atoms with Crippen molar-refractivity contribution in [2.45, 2.75) is 38.6 Å². The minimum absolute atomic E-state index is 0. The van der Waals surface area contributed by atoms with Crippen LogP contribution in [-0.2, 0) is 11.2 Å². The highest BCUT2D eigenvalue weighted by Crippen LogP contribution is 2.16. The van der Waals surface area contributed by atoms with Gasteiger partial charge in [0.05, 0.1) is 0 Å². The minimum atomic E-state index is 0. The Balaban J connectivity index is 0.00000180. The van der Waals surface area contributed by atoms with Gasteiger partial charge in [0.25, 0.3) is 0 Å². The van der Waals surface area contributed by atoms with Crippen molar-refractivity contribution < 1.29 is 4.79 Å². The van der Waals surface area contributed by atoms with Gasteiger partial charge in [0.1, 0.15) is 0 Å². The molecule has 19 heavy (non-hydrogen) atoms. The van der Waals surface area contributed by atoms with Crippen molar-refractivity contribution in [3.05, 3.63) is 22.4 Å². The highest BCUT2D eigenvalue weighted by atomic mass is 35.5. The van der Waals surface area contributed by atoms with Crippen LogP contribution in [0.25, 0.3) is 0 Å². The molecular formula is C14H23ClN2OS. The molecule has 1 fully saturated rings. The zero-order valence-corrected chi connectivity index (χ0v) is 13.0. The molecule has 1 aliphatic heterocycles. The molecule has 5 heteroatoms. The second-order valence-corrected chi connectivity index (χ2v) is 6.18. The third kappa shape index (κ3) is 5.93. The standard InChI is InChI=1S/C14H22N2OS.ClH/c1-11(9-13-3-2-8-18-13)16-14(17)10-12-4-6-15-7-5-12;/h2-3,8,11-12,15H,4-7,9-10H2,1H3,(H,16,17);1H. The van der Waals surface area contributed by atoms with Gasteiger partial charge in [-0.15, -0.1) is 23.7 Å². The van der Waals surface area contributed by atoms with E-state index < -0.39 is 0 Å². The Morgan fingerprint density at radius 3 is 2.89 bits per heavy atom. The summed E-state index contributed by atoms with van der Waals surface area (Å²) >= 11 is 1.75. The fraction of sp³-hybridized carbons (Fsp3) is 0.643. The maximum atomic E-state index is 11.9. The lowest BCUT2D eigenvalue weighted by Crippen LogP contribution is -2.37. The Morgan fingerprint density at radius 1 is 1.53 bits per heavy atom. The van der Waals surface area contributed by atoms with E-state index in [1.165, 1.54) is 4.88 Å². The molecule has 1 aliphatic rings. The molecule has 0 spiro atoms. The smallest absolute Gasteiger partial charge is 0.220 e. The number of halogens is 1. The second-order valence-electron chi connectivity index (χ2n) is 5.15. The normalized spacial score (nSPS) is 17.5. The molecule has 1 amide bonds. The fourth-order valence-electron chi connectivity index (χ4n) is 2.46. The van der Waals surface area contributed by atoms with E-state index in [1.54, 1.807) is 11.3 Å². The van der Waals surface area contributed by atoms with Crippen molar-refractivity contribution in [1.29, 1.82) is 0 Å². The molecule has 0 saturated carbocycles. The van der Waals surface area contributed by atoms with Crippen LogP contribution >= 0.6 is 23.7 Å². The number of thiophene rings is 1. The summed E-state index contributed by atoms with van der Waals surface area (Å²) in [5.74, 6) is 0.783. The predicted molar refractivity (Wildman–Crippen MR) is 83.1 cm³/mol. The first-order valence-corrected chi connectivity index (χ1v) is 7.64. The highest BCUT2D eigenvalue weighted by molar-refractivity contribution is 7.09. The topological polar surface area (TPSA) is 41.1 Å². The van der Waals surface area contributed by atoms with Gasteiger partial charge in [0.2, 0.25) is 5.91 Å². The van der Waals surface area contributed by atoms with Crippen molar-refractivity contribution in [1.82, 2.24) is 10.6 Å². The van der Waals surface area contributed by atoms with Crippen LogP contribution in [0.5, 0.6) is 0 Å². The molecule has 2 N–H and O–H groups in total. The van der Waals surface area contributed by atoms with Crippen molar-refractivity contribution in [2.24, 2.45) is 5.92 Å². The van der Waals surface area contributed by atoms with Crippen LogP contribution in [0.4, 0.5) is 0 Å². The van der Waals surface area contributed by atoms with Gasteiger partial charge in [-0.1, -0.05) is 6.07 Å². The van der Waals surface area contributed by atoms with Crippen molar-refractivity contribution in [3.63, 3.8) is 0 Å². The van der Waals surface area contributed by atoms with Crippen LogP contribution in [0.2, 0.25) is 0 Å². The van der Waals surface area contributed by atoms with Gasteiger partial charge in [-0.3, -0.25) is 4.79 Å². The molecule has 0 aliphatic carbocycles. The van der Waals surface area contributed by atoms with Gasteiger partial charge in [0, 0.05) is 23.8 Å². The fourth-order valence-corrected chi connectivity index (χ4v) is 3.30. The van der Waals surface area contributed by atoms with Crippen LogP contribution in [0.15, 0.2) is 17.5 Å². The van der Waals surface area contributed by atoms with E-state index in [-0.39, 0.29) is 24.4 Å². The highest BCUT2D eigenvalue weighted by Gasteiger charge is 2.17. The van der Waals surface area contributed by atoms with E-state index in [2.05, 4.69) is 35.1 Å². The number of carbonyl (C=O) groups is 1. The second kappa shape index (κ2) is 8.56. The Kier molecular flexibility index (Phi) is 7.42. The molecule has 1 aromatic rings. The number of hydrogen-bond donors (Lipinski definition) is 2. The maximum absolute atomic E-state index is 11.9. The number of hydrogen-bond acceptors (Lipinski definition) is 3. The minimum Gasteiger partial charge on any atom is -0.353 e. The summed E-state index contributed by atoms with van der Waals surface area (Å²) in [6, 6.07) is 4.42. The van der Waals surface area contributed by atoms with Gasteiger partial charge >= 0.3 is 0 Å². The SMILES string of the molecule is CC(Cc1cccs1)NC(=O)CC1CCNCC1.Cl. The summed E-state index contributed by atoms with van der Waals surface area (Å²) in [5, 5.41) is 8.52. The van der Waals surface area contributed by atoms with Gasteiger partial charge in [-0.25, -0.2) is 0 Å². The van der Waals surface area contributed by atoms with Crippen LogP contribution in [0, 0.1) is 5.92 Å². The number of rotatable bonds is 5. The lowest BCUT2D eigenvalue weighted by atomic mass is 9.94. The van der Waals surface area contributed by atoms with E-state index in [0.29, 0.717) is 12.3 Å². The molecule has 1 unspecified atom stereocenters. The molecule has 0 radical (unpaired) electrons. The van der Waals surface area contributed by atoms with E-state index >= 15 is 0 Å². The average molecular weight is 303 g/mol. The molecule has 1 aromatic heterocycles. The average Bonchev–Trinajstić information content (AvgIpc) is 2.82. The van der Waals surface area contributed by atoms with Crippen LogP contribution in [0.1, 0.15) is 31.1 Å². The summed E-state index contributed by atoms with van der Waals surface area (Å²) in [6.45, 7) is 4.20. The Bertz CT molecular complexity index is 364. The zero-order valence-electron chi connectivity index (χ0n) is 11.4. The third-order valence-electron chi connectivity index (χ3n) is 3.43. The van der Waals surface area contributed by atoms with Crippen LogP contribution in [-0.4, -0.2) is 25.0 Å². The maximum Gasteiger partial charge on any atom is 0.220 e. The molecular weight excluding hydrogens is 280 g/mol. The Labute approximate surface area is 125 Å². The molecule has 0 bridgehead atoms. The van der Waals surface area contributed by atoms with Crippen molar-refractivity contribution in [3.8, 4) is 0 Å². The quantitative estimate of drug-likeness (QED) is 0.878. The van der Waals surface area contributed by atoms with Crippen LogP contribution < -0.4 is 10.6 Å². The molecule has 1 atom stereocenters. The summed E-state index contributed by atoms with van der Waals surface area (Å²) in [4.78, 5) is 13.3. The summed E-state index contributed by atoms with van der Waals surface area (Å²) in [7, 11) is 0. The molecule has 2 rings (SSSR count). The summed E-state index contributed by atoms with van der Waals surface area (Å²) < 4.78 is 0. The van der Waals surface area contributed by atoms with E-state index in [9.17, 15) is 4.79 Å². The van der Waals surface area contributed by atoms with Gasteiger partial charge in [0.15, 0.2) is 0 Å². The first-order chi connectivity index (χ1) is 8.74. The summed E-state index contributed by atoms with van der Waals surface area (Å²) in [6.07, 6.45) is 3.89. The number of amides is 1. The molecule has 2 heterocycles. The Hall–Kier alpha value is -0.580. The van der Waals surface area contributed by atoms with Crippen LogP contribution in [0.3, 0.4) is 0 Å². The number of carbonyl (C=O) groups excluding carboxylic acids is 1. The van der Waals surface area contributed by atoms with Gasteiger partial charge in [-0.05, 0) is 50.2 Å². The van der Waals surface area contributed by atoms with Gasteiger partial charge in [-0.2, -0.15) is 0 Å².